The molecule has 3 rings (SSSR count). The number of hydrogen-bond donors (Lipinski definition) is 2. The number of rotatable bonds is 3. The molecule has 7 nitrogen and oxygen atoms in total. The van der Waals surface area contributed by atoms with Gasteiger partial charge in [-0.25, -0.2) is 9.78 Å². The molecule has 0 spiro atoms. The normalized spacial score (nSPS) is 22.8. The summed E-state index contributed by atoms with van der Waals surface area (Å²) in [6.45, 7) is 1.88. The van der Waals surface area contributed by atoms with Crippen molar-refractivity contribution in [3.8, 4) is 5.88 Å². The third kappa shape index (κ3) is 2.56. The van der Waals surface area contributed by atoms with E-state index >= 15 is 0 Å². The molecule has 2 atom stereocenters. The van der Waals surface area contributed by atoms with Gasteiger partial charge in [-0.1, -0.05) is 13.0 Å². The molecule has 0 radical (unpaired) electrons. The summed E-state index contributed by atoms with van der Waals surface area (Å²) in [5, 5.41) is 9.71. The fourth-order valence-electron chi connectivity index (χ4n) is 3.21. The number of carboxylic acid groups (broad SMARTS) is 1. The average molecular weight is 328 g/mol. The van der Waals surface area contributed by atoms with Crippen LogP contribution >= 0.6 is 0 Å². The van der Waals surface area contributed by atoms with E-state index in [2.05, 4.69) is 9.97 Å². The van der Waals surface area contributed by atoms with Crippen LogP contribution in [-0.4, -0.2) is 33.9 Å². The van der Waals surface area contributed by atoms with Gasteiger partial charge >= 0.3 is 6.09 Å². The number of nitrogens with two attached hydrogens (primary N) is 1. The lowest BCUT2D eigenvalue weighted by atomic mass is 9.82. The number of anilines is 1. The van der Waals surface area contributed by atoms with Crippen molar-refractivity contribution in [2.24, 2.45) is 5.73 Å². The fourth-order valence-corrected chi connectivity index (χ4v) is 3.21. The predicted octanol–water partition coefficient (Wildman–Crippen LogP) is 2.57. The Labute approximate surface area is 140 Å². The van der Waals surface area contributed by atoms with Crippen LogP contribution < -0.4 is 15.4 Å². The summed E-state index contributed by atoms with van der Waals surface area (Å²) in [5.74, 6) is 0.234. The Morgan fingerprint density at radius 2 is 2.25 bits per heavy atom. The molecule has 0 unspecified atom stereocenters. The molecule has 3 N–H and O–H groups in total. The Morgan fingerprint density at radius 1 is 1.46 bits per heavy atom. The molecule has 1 aliphatic rings. The largest absolute Gasteiger partial charge is 0.481 e. The number of nitrogens with zero attached hydrogens (tertiary/aromatic N) is 3. The van der Waals surface area contributed by atoms with Crippen molar-refractivity contribution in [2.75, 3.05) is 12.0 Å². The van der Waals surface area contributed by atoms with Crippen LogP contribution in [0.2, 0.25) is 0 Å². The minimum atomic E-state index is -1.09. The highest BCUT2D eigenvalue weighted by atomic mass is 16.5. The molecule has 0 bridgehead atoms. The van der Waals surface area contributed by atoms with Crippen LogP contribution in [0.15, 0.2) is 36.5 Å². The summed E-state index contributed by atoms with van der Waals surface area (Å²) < 4.78 is 5.21. The van der Waals surface area contributed by atoms with Crippen LogP contribution in [0.25, 0.3) is 0 Å². The Morgan fingerprint density at radius 3 is 2.83 bits per heavy atom. The summed E-state index contributed by atoms with van der Waals surface area (Å²) in [6, 6.07) is 8.98. The van der Waals surface area contributed by atoms with Crippen molar-refractivity contribution >= 4 is 11.8 Å². The Hall–Kier alpha value is -2.67. The molecular formula is C17H20N4O3. The molecule has 2 aromatic rings. The molecule has 1 amide bonds. The van der Waals surface area contributed by atoms with E-state index in [1.807, 2.05) is 25.1 Å². The zero-order valence-electron chi connectivity index (χ0n) is 13.6. The van der Waals surface area contributed by atoms with Gasteiger partial charge < -0.3 is 15.6 Å². The van der Waals surface area contributed by atoms with Gasteiger partial charge in [0, 0.05) is 23.9 Å². The van der Waals surface area contributed by atoms with Gasteiger partial charge in [-0.15, -0.1) is 0 Å². The molecule has 24 heavy (non-hydrogen) atoms. The van der Waals surface area contributed by atoms with Crippen molar-refractivity contribution < 1.29 is 14.6 Å². The van der Waals surface area contributed by atoms with E-state index in [1.165, 1.54) is 12.0 Å². The lowest BCUT2D eigenvalue weighted by Crippen LogP contribution is -2.61. The van der Waals surface area contributed by atoms with Crippen molar-refractivity contribution in [1.29, 1.82) is 0 Å². The van der Waals surface area contributed by atoms with E-state index in [9.17, 15) is 9.90 Å². The molecule has 126 valence electrons. The Kier molecular flexibility index (Phi) is 4.11. The lowest BCUT2D eigenvalue weighted by Gasteiger charge is -2.45. The van der Waals surface area contributed by atoms with Crippen LogP contribution in [0.1, 0.15) is 37.1 Å². The van der Waals surface area contributed by atoms with Crippen LogP contribution in [0.4, 0.5) is 10.5 Å². The number of hydrogen-bond acceptors (Lipinski definition) is 5. The summed E-state index contributed by atoms with van der Waals surface area (Å²) in [5.41, 5.74) is 7.37. The van der Waals surface area contributed by atoms with Crippen molar-refractivity contribution in [3.05, 3.63) is 47.9 Å². The lowest BCUT2D eigenvalue weighted by molar-refractivity contribution is 0.186. The number of pyridine rings is 2. The molecule has 7 heteroatoms. The van der Waals surface area contributed by atoms with Crippen molar-refractivity contribution in [3.63, 3.8) is 0 Å². The Bertz CT molecular complexity index is 753. The fraction of sp³-hybridized carbons (Fsp3) is 0.353. The van der Waals surface area contributed by atoms with E-state index in [0.717, 1.165) is 5.69 Å². The number of fused-ring (bicyclic) bond motifs is 1. The highest BCUT2D eigenvalue weighted by molar-refractivity contribution is 5.89. The molecule has 0 saturated heterocycles. The SMILES string of the molecule is CC[C@]1(N)C[C@@H](c2ccccn2)c2nc(OC)ccc2N1C(=O)O. The van der Waals surface area contributed by atoms with Gasteiger partial charge in [-0.05, 0) is 31.0 Å². The maximum absolute atomic E-state index is 11.9. The van der Waals surface area contributed by atoms with Crippen molar-refractivity contribution in [2.45, 2.75) is 31.3 Å². The summed E-state index contributed by atoms with van der Waals surface area (Å²) in [7, 11) is 1.53. The smallest absolute Gasteiger partial charge is 0.413 e. The topological polar surface area (TPSA) is 102 Å². The van der Waals surface area contributed by atoms with Gasteiger partial charge in [0.15, 0.2) is 0 Å². The summed E-state index contributed by atoms with van der Waals surface area (Å²) in [6.07, 6.45) is 1.50. The third-order valence-corrected chi connectivity index (χ3v) is 4.51. The number of aromatic nitrogens is 2. The van der Waals surface area contributed by atoms with Gasteiger partial charge in [-0.2, -0.15) is 0 Å². The van der Waals surface area contributed by atoms with Crippen LogP contribution in [-0.2, 0) is 0 Å². The standard InChI is InChI=1S/C17H20N4O3/c1-3-17(18)10-11(12-6-4-5-9-19-12)15-13(21(17)16(22)23)7-8-14(20-15)24-2/h4-9,11H,3,10,18H2,1-2H3,(H,22,23)/t11-,17+/m0/s1. The van der Waals surface area contributed by atoms with E-state index in [0.29, 0.717) is 30.1 Å². The number of amides is 1. The molecule has 2 aromatic heterocycles. The first-order chi connectivity index (χ1) is 11.5. The maximum Gasteiger partial charge on any atom is 0.413 e. The first kappa shape index (κ1) is 16.2. The molecule has 0 saturated carbocycles. The van der Waals surface area contributed by atoms with E-state index in [1.54, 1.807) is 18.3 Å². The van der Waals surface area contributed by atoms with Gasteiger partial charge in [0.25, 0.3) is 0 Å². The highest BCUT2D eigenvalue weighted by Crippen LogP contribution is 2.45. The van der Waals surface area contributed by atoms with Gasteiger partial charge in [0.1, 0.15) is 5.66 Å². The Balaban J connectivity index is 2.22. The second-order valence-corrected chi connectivity index (χ2v) is 5.84. The number of carbonyl (C=O) groups is 1. The van der Waals surface area contributed by atoms with E-state index in [4.69, 9.17) is 10.5 Å². The monoisotopic (exact) mass is 328 g/mol. The average Bonchev–Trinajstić information content (AvgIpc) is 2.61. The van der Waals surface area contributed by atoms with Gasteiger partial charge in [0.2, 0.25) is 5.88 Å². The summed E-state index contributed by atoms with van der Waals surface area (Å²) >= 11 is 0. The molecule has 0 aliphatic carbocycles. The molecule has 0 fully saturated rings. The van der Waals surface area contributed by atoms with Crippen LogP contribution in [0.3, 0.4) is 0 Å². The minimum absolute atomic E-state index is 0.197. The number of ether oxygens (including phenoxy) is 1. The first-order valence-electron chi connectivity index (χ1n) is 7.78. The van der Waals surface area contributed by atoms with Crippen LogP contribution in [0.5, 0.6) is 5.88 Å². The number of methoxy groups -OCH3 is 1. The van der Waals surface area contributed by atoms with Crippen molar-refractivity contribution in [1.82, 2.24) is 9.97 Å². The van der Waals surface area contributed by atoms with E-state index < -0.39 is 11.8 Å². The minimum Gasteiger partial charge on any atom is -0.481 e. The maximum atomic E-state index is 11.9. The summed E-state index contributed by atoms with van der Waals surface area (Å²) in [4.78, 5) is 22.0. The highest BCUT2D eigenvalue weighted by Gasteiger charge is 2.46. The molecule has 0 aromatic carbocycles. The van der Waals surface area contributed by atoms with E-state index in [-0.39, 0.29) is 5.92 Å². The zero-order chi connectivity index (χ0) is 17.3. The van der Waals surface area contributed by atoms with Gasteiger partial charge in [-0.3, -0.25) is 9.88 Å². The predicted molar refractivity (Wildman–Crippen MR) is 89.2 cm³/mol. The second kappa shape index (κ2) is 6.09. The quantitative estimate of drug-likeness (QED) is 0.898. The molecule has 1 aliphatic heterocycles. The third-order valence-electron chi connectivity index (χ3n) is 4.51. The second-order valence-electron chi connectivity index (χ2n) is 5.84. The van der Waals surface area contributed by atoms with Crippen LogP contribution in [0, 0.1) is 0 Å². The zero-order valence-corrected chi connectivity index (χ0v) is 13.6. The molecule has 3 heterocycles. The molecular weight excluding hydrogens is 308 g/mol. The van der Waals surface area contributed by atoms with Gasteiger partial charge in [0.05, 0.1) is 18.5 Å². The first-order valence-corrected chi connectivity index (χ1v) is 7.78.